The van der Waals surface area contributed by atoms with E-state index in [1.165, 1.54) is 0 Å². The van der Waals surface area contributed by atoms with Gasteiger partial charge in [-0.1, -0.05) is 26.8 Å². The van der Waals surface area contributed by atoms with E-state index in [1.807, 2.05) is 12.3 Å². The molecule has 2 rings (SSSR count). The third kappa shape index (κ3) is 9.62. The van der Waals surface area contributed by atoms with E-state index in [-0.39, 0.29) is 35.8 Å². The number of piperidine rings is 1. The molecule has 1 atom stereocenters. The van der Waals surface area contributed by atoms with Gasteiger partial charge in [0.15, 0.2) is 5.96 Å². The van der Waals surface area contributed by atoms with Crippen molar-refractivity contribution in [2.24, 2.45) is 22.1 Å². The highest BCUT2D eigenvalue weighted by molar-refractivity contribution is 14.0. The lowest BCUT2D eigenvalue weighted by Gasteiger charge is -2.32. The minimum absolute atomic E-state index is 0. The van der Waals surface area contributed by atoms with Gasteiger partial charge in [0.25, 0.3) is 0 Å². The average molecular weight is 545 g/mol. The maximum atomic E-state index is 11.4. The molecular formula is C23H41IN6O. The van der Waals surface area contributed by atoms with E-state index < -0.39 is 0 Å². The highest BCUT2D eigenvalue weighted by atomic mass is 127. The molecule has 7 nitrogen and oxygen atoms in total. The maximum absolute atomic E-state index is 11.4. The number of anilines is 1. The zero-order valence-electron chi connectivity index (χ0n) is 19.8. The SMILES string of the molecule is CCNC(=NCc1cccnc1N1CCC(C(N)=O)CC1)NC(C)CCC(C)(C)C.I. The number of pyridine rings is 1. The fourth-order valence-corrected chi connectivity index (χ4v) is 3.65. The van der Waals surface area contributed by atoms with Gasteiger partial charge < -0.3 is 21.3 Å². The van der Waals surface area contributed by atoms with Crippen LogP contribution in [0.2, 0.25) is 0 Å². The summed E-state index contributed by atoms with van der Waals surface area (Å²) in [5.74, 6) is 1.58. The third-order valence-electron chi connectivity index (χ3n) is 5.53. The number of hydrogen-bond donors (Lipinski definition) is 3. The van der Waals surface area contributed by atoms with E-state index in [2.05, 4.69) is 61.2 Å². The molecule has 1 unspecified atom stereocenters. The Morgan fingerprint density at radius 2 is 2.03 bits per heavy atom. The Bertz CT molecular complexity index is 710. The number of halogens is 1. The van der Waals surface area contributed by atoms with Crippen molar-refractivity contribution in [2.75, 3.05) is 24.5 Å². The fourth-order valence-electron chi connectivity index (χ4n) is 3.65. The Morgan fingerprint density at radius 1 is 1.35 bits per heavy atom. The van der Waals surface area contributed by atoms with E-state index >= 15 is 0 Å². The van der Waals surface area contributed by atoms with Crippen molar-refractivity contribution in [3.8, 4) is 0 Å². The van der Waals surface area contributed by atoms with E-state index in [0.717, 1.165) is 62.7 Å². The van der Waals surface area contributed by atoms with Gasteiger partial charge in [0.05, 0.1) is 6.54 Å². The standard InChI is InChI=1S/C23H40N6O.HI/c1-6-25-22(28-17(2)9-12-23(3,4)5)27-16-19-8-7-13-26-21(19)29-14-10-18(11-15-29)20(24)30;/h7-8,13,17-18H,6,9-12,14-16H2,1-5H3,(H2,24,30)(H2,25,27,28);1H. The van der Waals surface area contributed by atoms with Crippen molar-refractivity contribution in [3.05, 3.63) is 23.9 Å². The molecule has 0 radical (unpaired) electrons. The van der Waals surface area contributed by atoms with Crippen molar-refractivity contribution in [2.45, 2.75) is 72.9 Å². The van der Waals surface area contributed by atoms with Gasteiger partial charge in [-0.2, -0.15) is 0 Å². The summed E-state index contributed by atoms with van der Waals surface area (Å²) in [5.41, 5.74) is 6.89. The molecule has 1 fully saturated rings. The molecule has 1 aromatic rings. The molecule has 4 N–H and O–H groups in total. The predicted molar refractivity (Wildman–Crippen MR) is 140 cm³/mol. The van der Waals surface area contributed by atoms with E-state index in [0.29, 0.717) is 18.0 Å². The van der Waals surface area contributed by atoms with Crippen LogP contribution in [0.1, 0.15) is 65.9 Å². The van der Waals surface area contributed by atoms with Crippen LogP contribution in [-0.2, 0) is 11.3 Å². The lowest BCUT2D eigenvalue weighted by molar-refractivity contribution is -0.122. The first-order valence-electron chi connectivity index (χ1n) is 11.2. The molecule has 1 amide bonds. The number of aromatic nitrogens is 1. The monoisotopic (exact) mass is 544 g/mol. The molecule has 8 heteroatoms. The number of guanidine groups is 1. The lowest BCUT2D eigenvalue weighted by atomic mass is 9.89. The summed E-state index contributed by atoms with van der Waals surface area (Å²) >= 11 is 0. The molecule has 0 aromatic carbocycles. The highest BCUT2D eigenvalue weighted by Crippen LogP contribution is 2.25. The van der Waals surface area contributed by atoms with Crippen LogP contribution >= 0.6 is 24.0 Å². The van der Waals surface area contributed by atoms with Crippen LogP contribution < -0.4 is 21.3 Å². The Morgan fingerprint density at radius 3 is 2.61 bits per heavy atom. The minimum atomic E-state index is -0.192. The molecule has 2 heterocycles. The number of nitrogens with one attached hydrogen (secondary N) is 2. The summed E-state index contributed by atoms with van der Waals surface area (Å²) in [6.07, 6.45) is 5.64. The largest absolute Gasteiger partial charge is 0.369 e. The summed E-state index contributed by atoms with van der Waals surface area (Å²) in [6, 6.07) is 4.39. The van der Waals surface area contributed by atoms with Gasteiger partial charge >= 0.3 is 0 Å². The summed E-state index contributed by atoms with van der Waals surface area (Å²) < 4.78 is 0. The summed E-state index contributed by atoms with van der Waals surface area (Å²) in [7, 11) is 0. The van der Waals surface area contributed by atoms with Crippen LogP contribution in [-0.4, -0.2) is 42.5 Å². The summed E-state index contributed by atoms with van der Waals surface area (Å²) in [5, 5.41) is 6.88. The molecule has 0 spiro atoms. The van der Waals surface area contributed by atoms with Gasteiger partial charge in [0.2, 0.25) is 5.91 Å². The molecule has 1 saturated heterocycles. The number of hydrogen-bond acceptors (Lipinski definition) is 4. The zero-order valence-corrected chi connectivity index (χ0v) is 22.1. The second kappa shape index (κ2) is 13.1. The van der Waals surface area contributed by atoms with Crippen LogP contribution in [0.15, 0.2) is 23.3 Å². The molecule has 1 aliphatic rings. The Hall–Kier alpha value is -1.58. The minimum Gasteiger partial charge on any atom is -0.369 e. The van der Waals surface area contributed by atoms with Gasteiger partial charge in [0, 0.05) is 43.4 Å². The maximum Gasteiger partial charge on any atom is 0.220 e. The van der Waals surface area contributed by atoms with E-state index in [4.69, 9.17) is 10.7 Å². The first-order valence-corrected chi connectivity index (χ1v) is 11.2. The Kier molecular flexibility index (Phi) is 11.6. The molecule has 0 bridgehead atoms. The fraction of sp³-hybridized carbons (Fsp3) is 0.696. The number of nitrogens with two attached hydrogens (primary N) is 1. The van der Waals surface area contributed by atoms with Gasteiger partial charge in [-0.05, 0) is 51.0 Å². The van der Waals surface area contributed by atoms with Crippen LogP contribution in [0.25, 0.3) is 0 Å². The van der Waals surface area contributed by atoms with Gasteiger partial charge in [-0.25, -0.2) is 9.98 Å². The molecule has 1 aliphatic heterocycles. The molecule has 31 heavy (non-hydrogen) atoms. The number of nitrogens with zero attached hydrogens (tertiary/aromatic N) is 3. The highest BCUT2D eigenvalue weighted by Gasteiger charge is 2.25. The topological polar surface area (TPSA) is 95.6 Å². The zero-order chi connectivity index (χ0) is 22.1. The molecule has 0 aliphatic carbocycles. The van der Waals surface area contributed by atoms with Gasteiger partial charge in [-0.15, -0.1) is 24.0 Å². The van der Waals surface area contributed by atoms with Crippen molar-refractivity contribution >= 4 is 41.7 Å². The third-order valence-corrected chi connectivity index (χ3v) is 5.53. The molecule has 0 saturated carbocycles. The van der Waals surface area contributed by atoms with Crippen LogP contribution in [0, 0.1) is 11.3 Å². The first-order chi connectivity index (χ1) is 14.2. The second-order valence-corrected chi connectivity index (χ2v) is 9.49. The number of amides is 1. The number of carbonyl (C=O) groups excluding carboxylic acids is 1. The van der Waals surface area contributed by atoms with Crippen molar-refractivity contribution in [1.29, 1.82) is 0 Å². The van der Waals surface area contributed by atoms with Crippen molar-refractivity contribution < 1.29 is 4.79 Å². The van der Waals surface area contributed by atoms with Gasteiger partial charge in [0.1, 0.15) is 5.82 Å². The Balaban J connectivity index is 0.00000480. The smallest absolute Gasteiger partial charge is 0.220 e. The average Bonchev–Trinajstić information content (AvgIpc) is 2.70. The van der Waals surface area contributed by atoms with Crippen LogP contribution in [0.4, 0.5) is 5.82 Å². The van der Waals surface area contributed by atoms with Crippen molar-refractivity contribution in [3.63, 3.8) is 0 Å². The summed E-state index contributed by atoms with van der Waals surface area (Å²) in [6.45, 7) is 14.1. The normalized spacial score (nSPS) is 16.4. The Labute approximate surface area is 205 Å². The lowest BCUT2D eigenvalue weighted by Crippen LogP contribution is -2.42. The predicted octanol–water partition coefficient (Wildman–Crippen LogP) is 3.67. The van der Waals surface area contributed by atoms with Crippen LogP contribution in [0.5, 0.6) is 0 Å². The van der Waals surface area contributed by atoms with E-state index in [1.54, 1.807) is 0 Å². The number of carbonyl (C=O) groups is 1. The van der Waals surface area contributed by atoms with Crippen molar-refractivity contribution in [1.82, 2.24) is 15.6 Å². The van der Waals surface area contributed by atoms with E-state index in [9.17, 15) is 4.79 Å². The molecular weight excluding hydrogens is 503 g/mol. The first kappa shape index (κ1) is 27.5. The summed E-state index contributed by atoms with van der Waals surface area (Å²) in [4.78, 5) is 23.1. The van der Waals surface area contributed by atoms with Crippen LogP contribution in [0.3, 0.4) is 0 Å². The second-order valence-electron chi connectivity index (χ2n) is 9.49. The number of aliphatic imine (C=N–C) groups is 1. The van der Waals surface area contributed by atoms with Gasteiger partial charge in [-0.3, -0.25) is 4.79 Å². The number of rotatable bonds is 8. The molecule has 1 aromatic heterocycles. The number of primary amides is 1. The quantitative estimate of drug-likeness (QED) is 0.264. The molecule has 176 valence electrons.